The standard InChI is InChI=1S/C19H14O4/c1-2-19(21)23-16-6-8-18-15(10-16)5-4-14-9-13(11-22-12-20)3-7-17(14)18/h2-10,12H,1,11H2. The summed E-state index contributed by atoms with van der Waals surface area (Å²) in [5.74, 6) is 0.00251. The molecule has 0 spiro atoms. The second-order valence-electron chi connectivity index (χ2n) is 5.04. The third kappa shape index (κ3) is 3.06. The first-order valence-electron chi connectivity index (χ1n) is 7.06. The SMILES string of the molecule is C=CC(=O)Oc1ccc2c(ccc3cc(COC=O)ccc32)c1. The highest BCUT2D eigenvalue weighted by Gasteiger charge is 2.05. The van der Waals surface area contributed by atoms with Crippen molar-refractivity contribution in [1.29, 1.82) is 0 Å². The molecule has 0 bridgehead atoms. The van der Waals surface area contributed by atoms with Crippen molar-refractivity contribution in [3.8, 4) is 5.75 Å². The predicted molar refractivity (Wildman–Crippen MR) is 88.1 cm³/mol. The topological polar surface area (TPSA) is 52.6 Å². The van der Waals surface area contributed by atoms with Crippen LogP contribution in [0.4, 0.5) is 0 Å². The van der Waals surface area contributed by atoms with Crippen LogP contribution in [-0.2, 0) is 20.9 Å². The minimum absolute atomic E-state index is 0.258. The molecule has 0 radical (unpaired) electrons. The van der Waals surface area contributed by atoms with Crippen LogP contribution in [0.1, 0.15) is 5.56 Å². The van der Waals surface area contributed by atoms with Crippen molar-refractivity contribution >= 4 is 34.0 Å². The van der Waals surface area contributed by atoms with Gasteiger partial charge in [-0.3, -0.25) is 4.79 Å². The number of rotatable bonds is 5. The molecule has 0 unspecified atom stereocenters. The molecule has 0 atom stereocenters. The highest BCUT2D eigenvalue weighted by molar-refractivity contribution is 6.08. The average molecular weight is 306 g/mol. The van der Waals surface area contributed by atoms with Crippen LogP contribution in [0.2, 0.25) is 0 Å². The number of carbonyl (C=O) groups excluding carboxylic acids is 2. The molecule has 0 aliphatic heterocycles. The highest BCUT2D eigenvalue weighted by Crippen LogP contribution is 2.29. The molecule has 0 fully saturated rings. The predicted octanol–water partition coefficient (Wildman–Crippen LogP) is 3.76. The fourth-order valence-electron chi connectivity index (χ4n) is 2.54. The van der Waals surface area contributed by atoms with Gasteiger partial charge in [0.1, 0.15) is 12.4 Å². The summed E-state index contributed by atoms with van der Waals surface area (Å²) in [6.07, 6.45) is 1.13. The van der Waals surface area contributed by atoms with Gasteiger partial charge in [-0.15, -0.1) is 0 Å². The summed E-state index contributed by atoms with van der Waals surface area (Å²) in [6.45, 7) is 4.08. The number of fused-ring (bicyclic) bond motifs is 3. The summed E-state index contributed by atoms with van der Waals surface area (Å²) < 4.78 is 9.92. The molecule has 0 aliphatic carbocycles. The summed E-state index contributed by atoms with van der Waals surface area (Å²) >= 11 is 0. The molecule has 23 heavy (non-hydrogen) atoms. The van der Waals surface area contributed by atoms with Gasteiger partial charge in [0.25, 0.3) is 6.47 Å². The molecule has 0 amide bonds. The molecule has 3 rings (SSSR count). The van der Waals surface area contributed by atoms with Gasteiger partial charge in [-0.1, -0.05) is 36.9 Å². The Kier molecular flexibility index (Phi) is 4.06. The molecule has 0 heterocycles. The van der Waals surface area contributed by atoms with E-state index in [0.717, 1.165) is 33.2 Å². The van der Waals surface area contributed by atoms with Gasteiger partial charge in [-0.2, -0.15) is 0 Å². The van der Waals surface area contributed by atoms with Crippen molar-refractivity contribution < 1.29 is 19.1 Å². The Morgan fingerprint density at radius 3 is 2.39 bits per heavy atom. The summed E-state index contributed by atoms with van der Waals surface area (Å²) in [6, 6.07) is 15.4. The normalized spacial score (nSPS) is 10.4. The van der Waals surface area contributed by atoms with Crippen molar-refractivity contribution in [3.63, 3.8) is 0 Å². The van der Waals surface area contributed by atoms with E-state index in [1.807, 2.05) is 42.5 Å². The monoisotopic (exact) mass is 306 g/mol. The van der Waals surface area contributed by atoms with Crippen LogP contribution in [-0.4, -0.2) is 12.4 Å². The Bertz CT molecular complexity index is 912. The van der Waals surface area contributed by atoms with E-state index in [1.54, 1.807) is 6.07 Å². The van der Waals surface area contributed by atoms with E-state index in [2.05, 4.69) is 6.58 Å². The van der Waals surface area contributed by atoms with Crippen LogP contribution in [0, 0.1) is 0 Å². The zero-order chi connectivity index (χ0) is 16.2. The molecule has 0 saturated carbocycles. The zero-order valence-electron chi connectivity index (χ0n) is 12.3. The molecule has 0 aromatic heterocycles. The van der Waals surface area contributed by atoms with Crippen molar-refractivity contribution in [1.82, 2.24) is 0 Å². The van der Waals surface area contributed by atoms with E-state index in [-0.39, 0.29) is 6.61 Å². The Balaban J connectivity index is 2.03. The first-order chi connectivity index (χ1) is 11.2. The lowest BCUT2D eigenvalue weighted by Gasteiger charge is -2.08. The van der Waals surface area contributed by atoms with Gasteiger partial charge in [-0.25, -0.2) is 4.79 Å². The van der Waals surface area contributed by atoms with Crippen LogP contribution in [0.25, 0.3) is 21.5 Å². The first-order valence-corrected chi connectivity index (χ1v) is 7.06. The minimum Gasteiger partial charge on any atom is -0.463 e. The maximum Gasteiger partial charge on any atom is 0.335 e. The van der Waals surface area contributed by atoms with Crippen molar-refractivity contribution in [3.05, 3.63) is 66.7 Å². The summed E-state index contributed by atoms with van der Waals surface area (Å²) in [7, 11) is 0. The Labute approximate surface area is 132 Å². The lowest BCUT2D eigenvalue weighted by molar-refractivity contribution is -0.130. The highest BCUT2D eigenvalue weighted by atomic mass is 16.5. The van der Waals surface area contributed by atoms with Crippen molar-refractivity contribution in [2.24, 2.45) is 0 Å². The summed E-state index contributed by atoms with van der Waals surface area (Å²) in [4.78, 5) is 21.6. The maximum absolute atomic E-state index is 11.3. The Morgan fingerprint density at radius 1 is 1.00 bits per heavy atom. The molecule has 0 N–H and O–H groups in total. The number of benzene rings is 3. The van der Waals surface area contributed by atoms with E-state index in [4.69, 9.17) is 9.47 Å². The van der Waals surface area contributed by atoms with Gasteiger partial charge in [0, 0.05) is 6.08 Å². The maximum atomic E-state index is 11.3. The van der Waals surface area contributed by atoms with Gasteiger partial charge >= 0.3 is 5.97 Å². The summed E-state index contributed by atoms with van der Waals surface area (Å²) in [5.41, 5.74) is 0.931. The van der Waals surface area contributed by atoms with E-state index >= 15 is 0 Å². The van der Waals surface area contributed by atoms with Gasteiger partial charge < -0.3 is 9.47 Å². The lowest BCUT2D eigenvalue weighted by atomic mass is 10.00. The van der Waals surface area contributed by atoms with Gasteiger partial charge in [0.15, 0.2) is 0 Å². The molecular formula is C19H14O4. The molecule has 3 aromatic rings. The quantitative estimate of drug-likeness (QED) is 0.237. The second kappa shape index (κ2) is 6.32. The van der Waals surface area contributed by atoms with Crippen molar-refractivity contribution in [2.75, 3.05) is 0 Å². The number of hydrogen-bond donors (Lipinski definition) is 0. The largest absolute Gasteiger partial charge is 0.463 e. The first kappa shape index (κ1) is 14.8. The smallest absolute Gasteiger partial charge is 0.335 e. The van der Waals surface area contributed by atoms with Gasteiger partial charge in [0.05, 0.1) is 0 Å². The molecular weight excluding hydrogens is 292 g/mol. The minimum atomic E-state index is -0.482. The van der Waals surface area contributed by atoms with E-state index in [0.29, 0.717) is 12.2 Å². The third-order valence-corrected chi connectivity index (χ3v) is 3.57. The number of hydrogen-bond acceptors (Lipinski definition) is 4. The Hall–Kier alpha value is -3.14. The fourth-order valence-corrected chi connectivity index (χ4v) is 2.54. The second-order valence-corrected chi connectivity index (χ2v) is 5.04. The average Bonchev–Trinajstić information content (AvgIpc) is 2.59. The molecule has 4 nitrogen and oxygen atoms in total. The van der Waals surface area contributed by atoms with Gasteiger partial charge in [-0.05, 0) is 45.3 Å². The third-order valence-electron chi connectivity index (χ3n) is 3.57. The molecule has 0 aliphatic rings. The number of esters is 1. The molecule has 3 aromatic carbocycles. The van der Waals surface area contributed by atoms with E-state index in [1.165, 1.54) is 0 Å². The zero-order valence-corrected chi connectivity index (χ0v) is 12.3. The van der Waals surface area contributed by atoms with E-state index < -0.39 is 5.97 Å². The van der Waals surface area contributed by atoms with Crippen LogP contribution < -0.4 is 4.74 Å². The molecule has 4 heteroatoms. The lowest BCUT2D eigenvalue weighted by Crippen LogP contribution is -2.02. The molecule has 114 valence electrons. The van der Waals surface area contributed by atoms with Crippen LogP contribution in [0.5, 0.6) is 5.75 Å². The Morgan fingerprint density at radius 2 is 1.70 bits per heavy atom. The fraction of sp³-hybridized carbons (Fsp3) is 0.0526. The van der Waals surface area contributed by atoms with E-state index in [9.17, 15) is 9.59 Å². The van der Waals surface area contributed by atoms with Crippen LogP contribution in [0.3, 0.4) is 0 Å². The van der Waals surface area contributed by atoms with Crippen molar-refractivity contribution in [2.45, 2.75) is 6.61 Å². The van der Waals surface area contributed by atoms with Crippen LogP contribution >= 0.6 is 0 Å². The van der Waals surface area contributed by atoms with Gasteiger partial charge in [0.2, 0.25) is 0 Å². The van der Waals surface area contributed by atoms with Crippen LogP contribution in [0.15, 0.2) is 61.2 Å². The molecule has 0 saturated heterocycles. The summed E-state index contributed by atoms with van der Waals surface area (Å²) in [5, 5.41) is 4.17. The number of carbonyl (C=O) groups is 2. The number of ether oxygens (including phenoxy) is 2.